The Bertz CT molecular complexity index is 145. The quantitative estimate of drug-likeness (QED) is 0.286. The predicted octanol–water partition coefficient (Wildman–Crippen LogP) is -1.64. The molecule has 1 heterocycles. The Morgan fingerprint density at radius 1 is 1.78 bits per heavy atom. The van der Waals surface area contributed by atoms with Crippen LogP contribution in [0.5, 0.6) is 0 Å². The molecule has 0 aliphatic carbocycles. The van der Waals surface area contributed by atoms with Gasteiger partial charge in [-0.3, -0.25) is 15.5 Å². The molecule has 0 spiro atoms. The highest BCUT2D eigenvalue weighted by Crippen LogP contribution is 1.80. The molecule has 1 aliphatic heterocycles. The van der Waals surface area contributed by atoms with Gasteiger partial charge in [-0.25, -0.2) is 10.8 Å². The summed E-state index contributed by atoms with van der Waals surface area (Å²) in [6, 6.07) is 0. The number of rotatable bonds is 0. The average Bonchev–Trinajstić information content (AvgIpc) is 2.14. The summed E-state index contributed by atoms with van der Waals surface area (Å²) in [5.74, 6) is 5.12. The molecule has 0 unspecified atom stereocenters. The van der Waals surface area contributed by atoms with Gasteiger partial charge in [0.1, 0.15) is 6.54 Å². The highest BCUT2D eigenvalue weighted by atomic mass is 35.5. The number of hydrogen-bond acceptors (Lipinski definition) is 4. The van der Waals surface area contributed by atoms with Crippen LogP contribution in [-0.4, -0.2) is 18.4 Å². The predicted molar refractivity (Wildman–Crippen MR) is 35.0 cm³/mol. The van der Waals surface area contributed by atoms with Gasteiger partial charge in [-0.1, -0.05) is 0 Å². The summed E-state index contributed by atoms with van der Waals surface area (Å²) in [6.07, 6.45) is 0. The van der Waals surface area contributed by atoms with E-state index in [2.05, 4.69) is 15.7 Å². The Balaban J connectivity index is 0.000000640. The van der Waals surface area contributed by atoms with Crippen LogP contribution in [0.15, 0.2) is 4.99 Å². The van der Waals surface area contributed by atoms with Gasteiger partial charge in [0.15, 0.2) is 0 Å². The largest absolute Gasteiger partial charge is 0.294 e. The number of carbonyl (C=O) groups excluding carboxylic acids is 1. The summed E-state index contributed by atoms with van der Waals surface area (Å²) in [7, 11) is 0. The third-order valence-corrected chi connectivity index (χ3v) is 0.775. The second-order valence-corrected chi connectivity index (χ2v) is 1.36. The maximum absolute atomic E-state index is 10.3. The number of nitrogens with two attached hydrogens (primary N) is 1. The normalized spacial score (nSPS) is 15.7. The number of nitrogens with zero attached hydrogens (tertiary/aromatic N) is 1. The minimum atomic E-state index is -0.127. The minimum Gasteiger partial charge on any atom is -0.294 e. The van der Waals surface area contributed by atoms with Gasteiger partial charge in [-0.2, -0.15) is 0 Å². The number of nitrogens with one attached hydrogen (secondary N) is 2. The fourth-order valence-corrected chi connectivity index (χ4v) is 0.444. The van der Waals surface area contributed by atoms with Gasteiger partial charge in [0.05, 0.1) is 0 Å². The molecule has 0 aromatic rings. The molecule has 0 saturated heterocycles. The fraction of sp³-hybridized carbons (Fsp3) is 0.333. The number of carbonyl (C=O) groups is 1. The van der Waals surface area contributed by atoms with Crippen molar-refractivity contribution in [2.24, 2.45) is 10.8 Å². The SMILES string of the molecule is Cl.NNC1=NCC(=O)N1. The molecule has 0 atom stereocenters. The van der Waals surface area contributed by atoms with Crippen LogP contribution in [0.3, 0.4) is 0 Å². The van der Waals surface area contributed by atoms with E-state index in [0.29, 0.717) is 5.96 Å². The summed E-state index contributed by atoms with van der Waals surface area (Å²) < 4.78 is 0. The molecule has 6 heteroatoms. The first-order valence-electron chi connectivity index (χ1n) is 2.14. The molecule has 4 N–H and O–H groups in total. The zero-order valence-electron chi connectivity index (χ0n) is 4.55. The molecule has 0 bridgehead atoms. The first-order valence-corrected chi connectivity index (χ1v) is 2.14. The van der Waals surface area contributed by atoms with E-state index in [-0.39, 0.29) is 24.9 Å². The van der Waals surface area contributed by atoms with Gasteiger partial charge < -0.3 is 0 Å². The van der Waals surface area contributed by atoms with E-state index < -0.39 is 0 Å². The van der Waals surface area contributed by atoms with E-state index in [1.807, 2.05) is 0 Å². The van der Waals surface area contributed by atoms with Gasteiger partial charge >= 0.3 is 0 Å². The molecular formula is C3H7ClN4O. The van der Waals surface area contributed by atoms with Gasteiger partial charge in [0.2, 0.25) is 11.9 Å². The Hall–Kier alpha value is -0.810. The average molecular weight is 151 g/mol. The lowest BCUT2D eigenvalue weighted by molar-refractivity contribution is -0.117. The number of hydrazine groups is 1. The van der Waals surface area contributed by atoms with Crippen molar-refractivity contribution in [1.82, 2.24) is 10.7 Å². The molecule has 0 fully saturated rings. The topological polar surface area (TPSA) is 79.5 Å². The molecule has 0 radical (unpaired) electrons. The zero-order chi connectivity index (χ0) is 5.98. The number of amides is 1. The summed E-state index contributed by atoms with van der Waals surface area (Å²) in [6.45, 7) is 0.180. The lowest BCUT2D eigenvalue weighted by Gasteiger charge is -1.94. The Morgan fingerprint density at radius 2 is 2.44 bits per heavy atom. The van der Waals surface area contributed by atoms with Crippen molar-refractivity contribution < 1.29 is 4.79 Å². The van der Waals surface area contributed by atoms with Crippen molar-refractivity contribution in [3.63, 3.8) is 0 Å². The molecule has 0 saturated carbocycles. The lowest BCUT2D eigenvalue weighted by atomic mass is 10.7. The molecule has 1 amide bonds. The molecule has 1 rings (SSSR count). The van der Waals surface area contributed by atoms with Crippen molar-refractivity contribution in [2.45, 2.75) is 0 Å². The first kappa shape index (κ1) is 8.19. The third kappa shape index (κ3) is 1.87. The first-order chi connectivity index (χ1) is 3.83. The summed E-state index contributed by atoms with van der Waals surface area (Å²) in [5.41, 5.74) is 2.21. The standard InChI is InChI=1S/C3H6N4O.ClH/c4-7-3-5-1-2(8)6-3;/h1,4H2,(H2,5,6,7,8);1H. The molecule has 52 valence electrons. The van der Waals surface area contributed by atoms with E-state index in [1.165, 1.54) is 0 Å². The van der Waals surface area contributed by atoms with E-state index >= 15 is 0 Å². The number of hydrogen-bond donors (Lipinski definition) is 3. The zero-order valence-corrected chi connectivity index (χ0v) is 5.36. The molecule has 5 nitrogen and oxygen atoms in total. The van der Waals surface area contributed by atoms with Gasteiger partial charge in [-0.15, -0.1) is 12.4 Å². The van der Waals surface area contributed by atoms with Crippen LogP contribution >= 0.6 is 12.4 Å². The number of aliphatic imine (C=N–C) groups is 1. The van der Waals surface area contributed by atoms with Crippen LogP contribution in [0.2, 0.25) is 0 Å². The molecule has 0 aromatic heterocycles. The Labute approximate surface area is 58.1 Å². The molecule has 1 aliphatic rings. The fourth-order valence-electron chi connectivity index (χ4n) is 0.444. The lowest BCUT2D eigenvalue weighted by Crippen LogP contribution is -2.40. The molecular weight excluding hydrogens is 144 g/mol. The number of halogens is 1. The monoisotopic (exact) mass is 150 g/mol. The van der Waals surface area contributed by atoms with E-state index in [9.17, 15) is 4.79 Å². The second kappa shape index (κ2) is 3.26. The summed E-state index contributed by atoms with van der Waals surface area (Å²) in [4.78, 5) is 13.9. The van der Waals surface area contributed by atoms with Crippen molar-refractivity contribution in [3.8, 4) is 0 Å². The van der Waals surface area contributed by atoms with E-state index in [1.54, 1.807) is 0 Å². The molecule has 0 aromatic carbocycles. The number of guanidine groups is 1. The molecule has 9 heavy (non-hydrogen) atoms. The minimum absolute atomic E-state index is 0. The maximum atomic E-state index is 10.3. The van der Waals surface area contributed by atoms with Crippen molar-refractivity contribution in [3.05, 3.63) is 0 Å². The van der Waals surface area contributed by atoms with Gasteiger partial charge in [-0.05, 0) is 0 Å². The van der Waals surface area contributed by atoms with Crippen LogP contribution < -0.4 is 16.6 Å². The van der Waals surface area contributed by atoms with Crippen LogP contribution in [-0.2, 0) is 4.79 Å². The van der Waals surface area contributed by atoms with Crippen LogP contribution in [0.4, 0.5) is 0 Å². The second-order valence-electron chi connectivity index (χ2n) is 1.36. The van der Waals surface area contributed by atoms with Crippen LogP contribution in [0, 0.1) is 0 Å². The Morgan fingerprint density at radius 3 is 2.67 bits per heavy atom. The maximum Gasteiger partial charge on any atom is 0.248 e. The highest BCUT2D eigenvalue weighted by molar-refractivity contribution is 6.02. The highest BCUT2D eigenvalue weighted by Gasteiger charge is 2.09. The van der Waals surface area contributed by atoms with Gasteiger partial charge in [0, 0.05) is 0 Å². The summed E-state index contributed by atoms with van der Waals surface area (Å²) >= 11 is 0. The Kier molecular flexibility index (Phi) is 2.97. The third-order valence-electron chi connectivity index (χ3n) is 0.775. The van der Waals surface area contributed by atoms with Crippen molar-refractivity contribution in [2.75, 3.05) is 6.54 Å². The van der Waals surface area contributed by atoms with E-state index in [0.717, 1.165) is 0 Å². The van der Waals surface area contributed by atoms with Gasteiger partial charge in [0.25, 0.3) is 0 Å². The van der Waals surface area contributed by atoms with Crippen molar-refractivity contribution >= 4 is 24.3 Å². The van der Waals surface area contributed by atoms with E-state index in [4.69, 9.17) is 5.84 Å². The van der Waals surface area contributed by atoms with Crippen LogP contribution in [0.25, 0.3) is 0 Å². The van der Waals surface area contributed by atoms with Crippen LogP contribution in [0.1, 0.15) is 0 Å². The summed E-state index contributed by atoms with van der Waals surface area (Å²) in [5, 5.41) is 2.38. The van der Waals surface area contributed by atoms with Crippen molar-refractivity contribution in [1.29, 1.82) is 0 Å². The smallest absolute Gasteiger partial charge is 0.248 e.